The number of benzene rings is 1. The van der Waals surface area contributed by atoms with Gasteiger partial charge in [-0.3, -0.25) is 4.79 Å². The average molecular weight is 324 g/mol. The molecule has 0 spiro atoms. The molecule has 3 N–H and O–H groups in total. The van der Waals surface area contributed by atoms with Crippen molar-refractivity contribution in [3.8, 4) is 11.5 Å². The maximum absolute atomic E-state index is 12.0. The molecule has 0 radical (unpaired) electrons. The highest BCUT2D eigenvalue weighted by atomic mass is 32.2. The first-order valence-electron chi connectivity index (χ1n) is 5.79. The molecule has 1 aromatic carbocycles. The largest absolute Gasteiger partial charge is 0.497 e. The number of methoxy groups -OCH3 is 2. The fourth-order valence-electron chi connectivity index (χ4n) is 1.50. The number of hydrogen-bond donors (Lipinski definition) is 2. The van der Waals surface area contributed by atoms with Crippen molar-refractivity contribution >= 4 is 23.4 Å². The lowest BCUT2D eigenvalue weighted by molar-refractivity contribution is -0.0327. The van der Waals surface area contributed by atoms with Crippen LogP contribution in [-0.4, -0.2) is 37.9 Å². The summed E-state index contributed by atoms with van der Waals surface area (Å²) in [6.45, 7) is -0.137. The third kappa shape index (κ3) is 5.25. The molecule has 1 rings (SSSR count). The standard InChI is InChI=1S/C12H15F3N2O3S/c1-19-7-5-8(10(16)9(6-7)20-2)11(18)17-3-4-21-12(13,14)15/h5-6H,3-4,16H2,1-2H3,(H,17,18). The SMILES string of the molecule is COc1cc(OC)c(N)c(C(=O)NCCSC(F)(F)F)c1. The molecule has 0 fully saturated rings. The van der Waals surface area contributed by atoms with Gasteiger partial charge in [0.2, 0.25) is 0 Å². The number of ether oxygens (including phenoxy) is 2. The quantitative estimate of drug-likeness (QED) is 0.620. The number of nitrogen functional groups attached to an aromatic ring is 1. The molecule has 0 aromatic heterocycles. The summed E-state index contributed by atoms with van der Waals surface area (Å²) in [5.74, 6) is -0.261. The van der Waals surface area contributed by atoms with Gasteiger partial charge in [0.05, 0.1) is 25.5 Å². The van der Waals surface area contributed by atoms with Crippen LogP contribution < -0.4 is 20.5 Å². The molecule has 1 aromatic rings. The Bertz CT molecular complexity index is 509. The molecule has 118 valence electrons. The van der Waals surface area contributed by atoms with Crippen LogP contribution in [0.1, 0.15) is 10.4 Å². The minimum absolute atomic E-state index is 0.0863. The van der Waals surface area contributed by atoms with Gasteiger partial charge in [-0.1, -0.05) is 0 Å². The van der Waals surface area contributed by atoms with Crippen molar-refractivity contribution < 1.29 is 27.4 Å². The highest BCUT2D eigenvalue weighted by Crippen LogP contribution is 2.31. The van der Waals surface area contributed by atoms with Crippen LogP contribution in [0.25, 0.3) is 0 Å². The number of rotatable bonds is 6. The van der Waals surface area contributed by atoms with Crippen molar-refractivity contribution in [2.45, 2.75) is 5.51 Å². The van der Waals surface area contributed by atoms with Crippen molar-refractivity contribution in [2.75, 3.05) is 32.3 Å². The molecule has 0 aliphatic carbocycles. The average Bonchev–Trinajstić information content (AvgIpc) is 2.42. The third-order valence-corrected chi connectivity index (χ3v) is 3.20. The van der Waals surface area contributed by atoms with Gasteiger partial charge >= 0.3 is 5.51 Å². The smallest absolute Gasteiger partial charge is 0.441 e. The van der Waals surface area contributed by atoms with Gasteiger partial charge in [-0.25, -0.2) is 0 Å². The monoisotopic (exact) mass is 324 g/mol. The first-order chi connectivity index (χ1) is 9.78. The number of nitrogens with one attached hydrogen (secondary N) is 1. The molecule has 9 heteroatoms. The Kier molecular flexibility index (Phi) is 6.01. The predicted molar refractivity (Wildman–Crippen MR) is 74.8 cm³/mol. The van der Waals surface area contributed by atoms with Crippen LogP contribution in [0.3, 0.4) is 0 Å². The van der Waals surface area contributed by atoms with Crippen molar-refractivity contribution in [3.63, 3.8) is 0 Å². The van der Waals surface area contributed by atoms with Gasteiger partial charge in [-0.05, 0) is 17.8 Å². The van der Waals surface area contributed by atoms with Crippen LogP contribution in [0.2, 0.25) is 0 Å². The number of alkyl halides is 3. The zero-order valence-corrected chi connectivity index (χ0v) is 12.2. The molecule has 0 aliphatic heterocycles. The lowest BCUT2D eigenvalue weighted by atomic mass is 10.1. The molecule has 0 saturated heterocycles. The van der Waals surface area contributed by atoms with Crippen LogP contribution in [0.15, 0.2) is 12.1 Å². The lowest BCUT2D eigenvalue weighted by Gasteiger charge is -2.13. The van der Waals surface area contributed by atoms with Gasteiger partial charge in [0.25, 0.3) is 5.91 Å². The van der Waals surface area contributed by atoms with Gasteiger partial charge in [0.1, 0.15) is 11.5 Å². The molecule has 0 saturated carbocycles. The maximum Gasteiger partial charge on any atom is 0.441 e. The van der Waals surface area contributed by atoms with E-state index in [-0.39, 0.29) is 41.1 Å². The molecule has 21 heavy (non-hydrogen) atoms. The minimum atomic E-state index is -4.32. The van der Waals surface area contributed by atoms with E-state index in [4.69, 9.17) is 15.2 Å². The molecule has 0 atom stereocenters. The Labute approximate surface area is 124 Å². The van der Waals surface area contributed by atoms with Crippen molar-refractivity contribution in [3.05, 3.63) is 17.7 Å². The summed E-state index contributed by atoms with van der Waals surface area (Å²) in [5, 5.41) is 2.36. The molecule has 0 unspecified atom stereocenters. The molecule has 0 heterocycles. The van der Waals surface area contributed by atoms with Crippen LogP contribution in [-0.2, 0) is 0 Å². The summed E-state index contributed by atoms with van der Waals surface area (Å²) in [7, 11) is 2.79. The van der Waals surface area contributed by atoms with E-state index < -0.39 is 11.4 Å². The van der Waals surface area contributed by atoms with E-state index in [0.717, 1.165) is 0 Å². The Hall–Kier alpha value is -1.77. The van der Waals surface area contributed by atoms with Crippen LogP contribution in [0.4, 0.5) is 18.9 Å². The van der Waals surface area contributed by atoms with E-state index in [1.807, 2.05) is 0 Å². The number of anilines is 1. The van der Waals surface area contributed by atoms with Crippen LogP contribution in [0, 0.1) is 0 Å². The Morgan fingerprint density at radius 1 is 1.33 bits per heavy atom. The molecule has 0 bridgehead atoms. The maximum atomic E-state index is 12.0. The van der Waals surface area contributed by atoms with Crippen LogP contribution in [0.5, 0.6) is 11.5 Å². The number of nitrogens with two attached hydrogens (primary N) is 1. The Morgan fingerprint density at radius 2 is 2.00 bits per heavy atom. The van der Waals surface area contributed by atoms with Gasteiger partial charge in [-0.2, -0.15) is 13.2 Å². The van der Waals surface area contributed by atoms with Gasteiger partial charge in [-0.15, -0.1) is 0 Å². The first-order valence-corrected chi connectivity index (χ1v) is 6.77. The lowest BCUT2D eigenvalue weighted by Crippen LogP contribution is -2.27. The zero-order chi connectivity index (χ0) is 16.0. The van der Waals surface area contributed by atoms with Gasteiger partial charge in [0, 0.05) is 18.4 Å². The molecular formula is C12H15F3N2O3S. The molecule has 1 amide bonds. The van der Waals surface area contributed by atoms with E-state index in [1.165, 1.54) is 26.4 Å². The van der Waals surface area contributed by atoms with Crippen LogP contribution >= 0.6 is 11.8 Å². The summed E-state index contributed by atoms with van der Waals surface area (Å²) < 4.78 is 45.9. The fraction of sp³-hybridized carbons (Fsp3) is 0.417. The fourth-order valence-corrected chi connectivity index (χ4v) is 1.94. The van der Waals surface area contributed by atoms with Gasteiger partial charge < -0.3 is 20.5 Å². The number of carbonyl (C=O) groups excluding carboxylic acids is 1. The zero-order valence-electron chi connectivity index (χ0n) is 11.4. The molecular weight excluding hydrogens is 309 g/mol. The highest BCUT2D eigenvalue weighted by molar-refractivity contribution is 8.00. The number of carbonyl (C=O) groups is 1. The highest BCUT2D eigenvalue weighted by Gasteiger charge is 2.27. The summed E-state index contributed by atoms with van der Waals surface area (Å²) in [6, 6.07) is 2.90. The number of halogens is 3. The predicted octanol–water partition coefficient (Wildman–Crippen LogP) is 2.27. The first kappa shape index (κ1) is 17.3. The van der Waals surface area contributed by atoms with Crippen molar-refractivity contribution in [1.29, 1.82) is 0 Å². The second-order valence-electron chi connectivity index (χ2n) is 3.84. The number of thioether (sulfide) groups is 1. The van der Waals surface area contributed by atoms with Crippen molar-refractivity contribution in [1.82, 2.24) is 5.32 Å². The second-order valence-corrected chi connectivity index (χ2v) is 5.00. The van der Waals surface area contributed by atoms with Gasteiger partial charge in [0.15, 0.2) is 0 Å². The Morgan fingerprint density at radius 3 is 2.52 bits per heavy atom. The third-order valence-electron chi connectivity index (χ3n) is 2.47. The summed E-state index contributed by atoms with van der Waals surface area (Å²) >= 11 is -0.205. The normalized spacial score (nSPS) is 11.1. The summed E-state index contributed by atoms with van der Waals surface area (Å²) in [5.41, 5.74) is 1.63. The Balaban J connectivity index is 2.73. The number of hydrogen-bond acceptors (Lipinski definition) is 5. The van der Waals surface area contributed by atoms with Crippen molar-refractivity contribution in [2.24, 2.45) is 0 Å². The molecule has 0 aliphatic rings. The molecule has 5 nitrogen and oxygen atoms in total. The van der Waals surface area contributed by atoms with E-state index in [1.54, 1.807) is 0 Å². The van der Waals surface area contributed by atoms with E-state index in [2.05, 4.69) is 5.32 Å². The van der Waals surface area contributed by atoms with E-state index in [0.29, 0.717) is 5.75 Å². The second kappa shape index (κ2) is 7.30. The summed E-state index contributed by atoms with van der Waals surface area (Å²) in [6.07, 6.45) is 0. The van der Waals surface area contributed by atoms with E-state index in [9.17, 15) is 18.0 Å². The topological polar surface area (TPSA) is 73.6 Å². The summed E-state index contributed by atoms with van der Waals surface area (Å²) in [4.78, 5) is 11.9. The van der Waals surface area contributed by atoms with E-state index >= 15 is 0 Å². The number of amides is 1. The minimum Gasteiger partial charge on any atom is -0.497 e.